The third-order valence-corrected chi connectivity index (χ3v) is 7.96. The van der Waals surface area contributed by atoms with Crippen LogP contribution in [-0.4, -0.2) is 10.8 Å². The average Bonchev–Trinajstić information content (AvgIpc) is 3.17. The normalized spacial score (nSPS) is 22.9. The maximum Gasteiger partial charge on any atom is 0.134 e. The van der Waals surface area contributed by atoms with Gasteiger partial charge in [-0.05, 0) is 71.1 Å². The Hall–Kier alpha value is -1.53. The molecule has 0 aliphatic heterocycles. The minimum Gasteiger partial charge on any atom is -0.507 e. The van der Waals surface area contributed by atoms with Gasteiger partial charge < -0.3 is 9.52 Å². The van der Waals surface area contributed by atoms with Crippen LogP contribution >= 0.6 is 7.92 Å². The van der Waals surface area contributed by atoms with Crippen LogP contribution in [-0.2, 0) is 0 Å². The molecule has 3 rings (SSSR count). The first-order valence-electron chi connectivity index (χ1n) is 9.33. The van der Waals surface area contributed by atoms with E-state index >= 15 is 0 Å². The molecule has 1 aromatic rings. The van der Waals surface area contributed by atoms with Crippen LogP contribution in [0.5, 0.6) is 0 Å². The molecular weight excluding hydrogens is 327 g/mol. The highest BCUT2D eigenvalue weighted by Gasteiger charge is 2.40. The summed E-state index contributed by atoms with van der Waals surface area (Å²) >= 11 is 0. The Kier molecular flexibility index (Phi) is 5.69. The van der Waals surface area contributed by atoms with E-state index in [9.17, 15) is 5.11 Å². The fourth-order valence-electron chi connectivity index (χ4n) is 4.13. The van der Waals surface area contributed by atoms with Gasteiger partial charge in [-0.1, -0.05) is 41.4 Å². The van der Waals surface area contributed by atoms with Crippen LogP contribution in [0.3, 0.4) is 0 Å². The zero-order valence-corrected chi connectivity index (χ0v) is 16.7. The third-order valence-electron chi connectivity index (χ3n) is 5.46. The highest BCUT2D eigenvalue weighted by Crippen LogP contribution is 2.60. The molecule has 0 radical (unpaired) electrons. The molecule has 25 heavy (non-hydrogen) atoms. The lowest BCUT2D eigenvalue weighted by atomic mass is 9.98. The fraction of sp³-hybridized carbons (Fsp3) is 0.455. The SMILES string of the molecule is C/C=C/C=C(\O)P(c1ccc(C)o1)C1C2=C(C)CCC(CC)=C1CC2. The van der Waals surface area contributed by atoms with Gasteiger partial charge >= 0.3 is 0 Å². The second kappa shape index (κ2) is 7.79. The number of aliphatic hydroxyl groups excluding tert-OH is 1. The molecule has 2 aliphatic rings. The predicted octanol–water partition coefficient (Wildman–Crippen LogP) is 6.65. The van der Waals surface area contributed by atoms with Crippen molar-refractivity contribution in [3.63, 3.8) is 0 Å². The van der Waals surface area contributed by atoms with E-state index in [-0.39, 0.29) is 0 Å². The standard InChI is InChI=1S/C22H29O2P/c1-5-7-8-20(23)25(21-14-10-16(4)24-21)22-18-12-13-19(22)17(6-2)11-9-15(18)3/h5,7-8,10,14,22-23H,6,9,11-13H2,1-4H3/b7-5+,20-8+. The first-order chi connectivity index (χ1) is 12.1. The number of fused-ring (bicyclic) bond motifs is 2. The van der Waals surface area contributed by atoms with Crippen molar-refractivity contribution in [1.29, 1.82) is 0 Å². The van der Waals surface area contributed by atoms with Crippen LogP contribution < -0.4 is 5.50 Å². The lowest BCUT2D eigenvalue weighted by molar-refractivity contribution is 0.451. The highest BCUT2D eigenvalue weighted by molar-refractivity contribution is 7.70. The molecule has 1 saturated carbocycles. The smallest absolute Gasteiger partial charge is 0.134 e. The van der Waals surface area contributed by atoms with Crippen molar-refractivity contribution in [2.75, 3.05) is 0 Å². The maximum atomic E-state index is 11.0. The van der Waals surface area contributed by atoms with Crippen LogP contribution in [0.15, 0.2) is 62.6 Å². The molecular formula is C22H29O2P. The number of hydrogen-bond acceptors (Lipinski definition) is 2. The van der Waals surface area contributed by atoms with Crippen molar-refractivity contribution in [2.45, 2.75) is 65.5 Å². The minimum absolute atomic E-state index is 0.319. The summed E-state index contributed by atoms with van der Waals surface area (Å²) in [6, 6.07) is 4.08. The molecule has 1 aromatic heterocycles. The quantitative estimate of drug-likeness (QED) is 0.277. The first kappa shape index (κ1) is 18.3. The number of furan rings is 1. The Morgan fingerprint density at radius 2 is 1.96 bits per heavy atom. The summed E-state index contributed by atoms with van der Waals surface area (Å²) in [6.07, 6.45) is 11.5. The zero-order chi connectivity index (χ0) is 18.0. The predicted molar refractivity (Wildman–Crippen MR) is 108 cm³/mol. The number of hydrogen-bond donors (Lipinski definition) is 1. The lowest BCUT2D eigenvalue weighted by Crippen LogP contribution is -2.15. The highest BCUT2D eigenvalue weighted by atomic mass is 31.1. The molecule has 1 fully saturated rings. The van der Waals surface area contributed by atoms with Crippen molar-refractivity contribution in [1.82, 2.24) is 0 Å². The van der Waals surface area contributed by atoms with Gasteiger partial charge in [0.05, 0.1) is 0 Å². The Morgan fingerprint density at radius 3 is 2.60 bits per heavy atom. The molecule has 2 aliphatic carbocycles. The number of aryl methyl sites for hydroxylation is 1. The topological polar surface area (TPSA) is 33.4 Å². The van der Waals surface area contributed by atoms with Gasteiger partial charge in [0, 0.05) is 13.6 Å². The van der Waals surface area contributed by atoms with E-state index in [1.54, 1.807) is 16.7 Å². The monoisotopic (exact) mass is 356 g/mol. The Morgan fingerprint density at radius 1 is 1.20 bits per heavy atom. The van der Waals surface area contributed by atoms with Gasteiger partial charge in [0.1, 0.15) is 16.8 Å². The molecule has 2 unspecified atom stereocenters. The summed E-state index contributed by atoms with van der Waals surface area (Å²) < 4.78 is 6.03. The van der Waals surface area contributed by atoms with Gasteiger partial charge in [-0.25, -0.2) is 0 Å². The van der Waals surface area contributed by atoms with E-state index in [2.05, 4.69) is 19.9 Å². The van der Waals surface area contributed by atoms with E-state index in [1.165, 1.54) is 12.0 Å². The van der Waals surface area contributed by atoms with Crippen LogP contribution in [0, 0.1) is 6.92 Å². The van der Waals surface area contributed by atoms with E-state index in [4.69, 9.17) is 4.42 Å². The minimum atomic E-state index is -0.935. The Balaban J connectivity index is 2.16. The first-order valence-corrected chi connectivity index (χ1v) is 10.7. The zero-order valence-electron chi connectivity index (χ0n) is 15.8. The summed E-state index contributed by atoms with van der Waals surface area (Å²) in [5.74, 6) is 0.915. The summed E-state index contributed by atoms with van der Waals surface area (Å²) in [5, 5.41) is 11.0. The average molecular weight is 356 g/mol. The number of rotatable bonds is 5. The largest absolute Gasteiger partial charge is 0.507 e. The van der Waals surface area contributed by atoms with E-state index in [0.717, 1.165) is 36.9 Å². The van der Waals surface area contributed by atoms with Crippen molar-refractivity contribution in [3.8, 4) is 0 Å². The molecule has 2 nitrogen and oxygen atoms in total. The van der Waals surface area contributed by atoms with Crippen molar-refractivity contribution in [2.24, 2.45) is 0 Å². The summed E-state index contributed by atoms with van der Waals surface area (Å²) in [7, 11) is -0.935. The Bertz CT molecular complexity index is 761. The van der Waals surface area contributed by atoms with Gasteiger partial charge in [0.2, 0.25) is 0 Å². The van der Waals surface area contributed by atoms with Crippen molar-refractivity contribution >= 4 is 13.4 Å². The second-order valence-corrected chi connectivity index (χ2v) is 9.15. The molecule has 0 aromatic carbocycles. The van der Waals surface area contributed by atoms with Crippen molar-refractivity contribution in [3.05, 3.63) is 63.9 Å². The van der Waals surface area contributed by atoms with Crippen LogP contribution in [0.1, 0.15) is 58.6 Å². The third kappa shape index (κ3) is 3.55. The van der Waals surface area contributed by atoms with E-state index < -0.39 is 7.92 Å². The molecule has 2 bridgehead atoms. The Labute approximate surface area is 152 Å². The summed E-state index contributed by atoms with van der Waals surface area (Å²) in [4.78, 5) is 0. The van der Waals surface area contributed by atoms with Gasteiger partial charge in [-0.15, -0.1) is 0 Å². The molecule has 134 valence electrons. The van der Waals surface area contributed by atoms with Crippen LogP contribution in [0.25, 0.3) is 0 Å². The molecule has 2 atom stereocenters. The molecule has 1 heterocycles. The van der Waals surface area contributed by atoms with E-state index in [0.29, 0.717) is 11.2 Å². The molecule has 0 amide bonds. The molecule has 0 spiro atoms. The van der Waals surface area contributed by atoms with Crippen LogP contribution in [0.2, 0.25) is 0 Å². The lowest BCUT2D eigenvalue weighted by Gasteiger charge is -2.25. The van der Waals surface area contributed by atoms with Crippen LogP contribution in [0.4, 0.5) is 0 Å². The second-order valence-electron chi connectivity index (χ2n) is 7.00. The summed E-state index contributed by atoms with van der Waals surface area (Å²) in [5.41, 5.74) is 7.99. The van der Waals surface area contributed by atoms with Crippen molar-refractivity contribution < 1.29 is 9.52 Å². The van der Waals surface area contributed by atoms with Gasteiger partial charge in [0.25, 0.3) is 0 Å². The van der Waals surface area contributed by atoms with Gasteiger partial charge in [-0.2, -0.15) is 0 Å². The number of aliphatic hydroxyl groups is 1. The maximum absolute atomic E-state index is 11.0. The molecule has 0 saturated heterocycles. The fourth-order valence-corrected chi connectivity index (χ4v) is 6.88. The van der Waals surface area contributed by atoms with Gasteiger partial charge in [-0.3, -0.25) is 0 Å². The summed E-state index contributed by atoms with van der Waals surface area (Å²) in [6.45, 7) is 8.51. The molecule has 3 heteroatoms. The van der Waals surface area contributed by atoms with E-state index in [1.807, 2.05) is 38.1 Å². The van der Waals surface area contributed by atoms with Gasteiger partial charge in [0.15, 0.2) is 0 Å². The number of allylic oxidation sites excluding steroid dienone is 7. The molecule has 1 N–H and O–H groups in total.